The highest BCUT2D eigenvalue weighted by Gasteiger charge is 2.38. The normalized spacial score (nSPS) is 21.0. The fourth-order valence-electron chi connectivity index (χ4n) is 6.97. The van der Waals surface area contributed by atoms with Gasteiger partial charge in [-0.15, -0.1) is 0 Å². The van der Waals surface area contributed by atoms with Crippen molar-refractivity contribution < 1.29 is 28.5 Å². The summed E-state index contributed by atoms with van der Waals surface area (Å²) in [4.78, 5) is 20.3. The molecule has 2 aromatic heterocycles. The van der Waals surface area contributed by atoms with Gasteiger partial charge < -0.3 is 24.2 Å². The van der Waals surface area contributed by atoms with Crippen LogP contribution in [0.15, 0.2) is 47.1 Å². The number of fused-ring (bicyclic) bond motifs is 8. The lowest BCUT2D eigenvalue weighted by Gasteiger charge is -2.42. The molecule has 6 bridgehead atoms. The zero-order valence-electron chi connectivity index (χ0n) is 29.5. The minimum Gasteiger partial charge on any atom is -0.490 e. The van der Waals surface area contributed by atoms with Crippen LogP contribution >= 0.6 is 15.9 Å². The topological polar surface area (TPSA) is 85.5 Å². The largest absolute Gasteiger partial charge is 0.490 e. The van der Waals surface area contributed by atoms with Crippen LogP contribution in [0.25, 0.3) is 28.0 Å². The molecule has 2 aromatic carbocycles. The number of pyridine rings is 1. The van der Waals surface area contributed by atoms with Gasteiger partial charge in [-0.25, -0.2) is 14.2 Å². The maximum Gasteiger partial charge on any atom is 0.337 e. The Hall–Kier alpha value is -3.47. The second kappa shape index (κ2) is 13.7. The van der Waals surface area contributed by atoms with E-state index in [0.29, 0.717) is 58.1 Å². The number of aliphatic carboxylic acids is 1. The third-order valence-corrected chi connectivity index (χ3v) is 10.4. The van der Waals surface area contributed by atoms with Crippen LogP contribution in [0.2, 0.25) is 0 Å². The van der Waals surface area contributed by atoms with Crippen molar-refractivity contribution in [2.75, 3.05) is 24.6 Å². The zero-order valence-corrected chi connectivity index (χ0v) is 31.1. The Morgan fingerprint density at radius 1 is 1.10 bits per heavy atom. The Balaban J connectivity index is 1.58. The lowest BCUT2D eigenvalue weighted by molar-refractivity contribution is -0.160. The van der Waals surface area contributed by atoms with Crippen molar-refractivity contribution >= 4 is 33.4 Å². The maximum atomic E-state index is 15.1. The van der Waals surface area contributed by atoms with Crippen LogP contribution in [0.5, 0.6) is 5.75 Å². The predicted molar refractivity (Wildman–Crippen MR) is 194 cm³/mol. The van der Waals surface area contributed by atoms with Gasteiger partial charge in [-0.3, -0.25) is 4.40 Å². The van der Waals surface area contributed by atoms with Crippen LogP contribution in [-0.2, 0) is 14.3 Å². The molecule has 1 fully saturated rings. The van der Waals surface area contributed by atoms with Gasteiger partial charge in [-0.1, -0.05) is 18.2 Å². The van der Waals surface area contributed by atoms with Crippen molar-refractivity contribution in [1.82, 2.24) is 9.38 Å². The summed E-state index contributed by atoms with van der Waals surface area (Å²) < 4.78 is 37.0. The number of imidazole rings is 1. The standard InChI is InChI=1S/C39H47BrFN3O5/c1-23-19-30-28(22-29(23)41)26-12-10-13-27(21-26)33-35(40)44-31(42-33)20-24(2)32(34(37(45)46)49-38(4,5)6)36(44)43-16-14-39(7,15-17-43)47-18-9-8-11-25(3)48-30/h10,12-13,19-22,25,34H,8-9,11,14-18H2,1-7H3,(H,45,46)/t25-,34+/m1/s1. The molecule has 10 heteroatoms. The molecule has 49 heavy (non-hydrogen) atoms. The molecular weight excluding hydrogens is 689 g/mol. The first-order valence-corrected chi connectivity index (χ1v) is 18.0. The molecule has 0 unspecified atom stereocenters. The summed E-state index contributed by atoms with van der Waals surface area (Å²) >= 11 is 3.90. The summed E-state index contributed by atoms with van der Waals surface area (Å²) in [6, 6.07) is 13.1. The minimum atomic E-state index is -1.20. The molecule has 262 valence electrons. The number of piperidine rings is 1. The van der Waals surface area contributed by atoms with Gasteiger partial charge in [0.15, 0.2) is 6.10 Å². The summed E-state index contributed by atoms with van der Waals surface area (Å²) in [6.07, 6.45) is 3.01. The summed E-state index contributed by atoms with van der Waals surface area (Å²) in [5.74, 6) is 0.0425. The molecule has 5 heterocycles. The lowest BCUT2D eigenvalue weighted by Crippen LogP contribution is -2.45. The quantitative estimate of drug-likeness (QED) is 0.224. The number of carboxylic acids is 1. The Bertz CT molecular complexity index is 1870. The molecule has 0 saturated carbocycles. The summed E-state index contributed by atoms with van der Waals surface area (Å²) in [7, 11) is 0. The van der Waals surface area contributed by atoms with E-state index in [9.17, 15) is 9.90 Å². The number of carboxylic acid groups (broad SMARTS) is 1. The first kappa shape index (κ1) is 35.4. The summed E-state index contributed by atoms with van der Waals surface area (Å²) in [5, 5.41) is 10.6. The molecular formula is C39H47BrFN3O5. The van der Waals surface area contributed by atoms with Gasteiger partial charge in [0.05, 0.1) is 17.3 Å². The third-order valence-electron chi connectivity index (χ3n) is 9.64. The van der Waals surface area contributed by atoms with Gasteiger partial charge in [-0.2, -0.15) is 0 Å². The second-order valence-corrected chi connectivity index (χ2v) is 15.6. The summed E-state index contributed by atoms with van der Waals surface area (Å²) in [5.41, 5.74) is 4.59. The second-order valence-electron chi connectivity index (χ2n) is 14.8. The Morgan fingerprint density at radius 3 is 2.51 bits per heavy atom. The van der Waals surface area contributed by atoms with E-state index in [1.807, 2.05) is 62.4 Å². The fourth-order valence-corrected chi connectivity index (χ4v) is 7.63. The molecule has 4 aromatic rings. The van der Waals surface area contributed by atoms with Crippen LogP contribution < -0.4 is 9.64 Å². The first-order valence-electron chi connectivity index (χ1n) is 17.2. The molecule has 3 aliphatic heterocycles. The fraction of sp³-hybridized carbons (Fsp3) is 0.487. The molecule has 7 rings (SSSR count). The van der Waals surface area contributed by atoms with Crippen LogP contribution in [-0.4, -0.2) is 57.5 Å². The Kier molecular flexibility index (Phi) is 9.87. The minimum absolute atomic E-state index is 0.0588. The Labute approximate surface area is 296 Å². The van der Waals surface area contributed by atoms with E-state index in [4.69, 9.17) is 19.2 Å². The average molecular weight is 737 g/mol. The van der Waals surface area contributed by atoms with Gasteiger partial charge in [0.2, 0.25) is 0 Å². The van der Waals surface area contributed by atoms with Gasteiger partial charge in [-0.05, 0) is 137 Å². The van der Waals surface area contributed by atoms with E-state index in [-0.39, 0.29) is 17.5 Å². The molecule has 8 nitrogen and oxygen atoms in total. The highest BCUT2D eigenvalue weighted by Crippen LogP contribution is 2.43. The number of halogens is 2. The first-order chi connectivity index (χ1) is 23.1. The van der Waals surface area contributed by atoms with E-state index < -0.39 is 17.7 Å². The number of carbonyl (C=O) groups is 1. The highest BCUT2D eigenvalue weighted by atomic mass is 79.9. The summed E-state index contributed by atoms with van der Waals surface area (Å²) in [6.45, 7) is 15.5. The number of anilines is 1. The monoisotopic (exact) mass is 735 g/mol. The Morgan fingerprint density at radius 2 is 1.82 bits per heavy atom. The van der Waals surface area contributed by atoms with Crippen molar-refractivity contribution in [3.8, 4) is 28.1 Å². The van der Waals surface area contributed by atoms with Gasteiger partial charge in [0.1, 0.15) is 33.3 Å². The average Bonchev–Trinajstić information content (AvgIpc) is 3.35. The van der Waals surface area contributed by atoms with Crippen molar-refractivity contribution in [2.24, 2.45) is 0 Å². The van der Waals surface area contributed by atoms with Crippen LogP contribution in [0.4, 0.5) is 10.2 Å². The number of nitrogens with zero attached hydrogens (tertiary/aromatic N) is 3. The number of benzene rings is 2. The van der Waals surface area contributed by atoms with Crippen molar-refractivity contribution in [2.45, 2.75) is 104 Å². The number of ether oxygens (including phenoxy) is 3. The van der Waals surface area contributed by atoms with Crippen LogP contribution in [0.3, 0.4) is 0 Å². The predicted octanol–water partition coefficient (Wildman–Crippen LogP) is 9.45. The molecule has 1 saturated heterocycles. The van der Waals surface area contributed by atoms with E-state index in [1.54, 1.807) is 19.1 Å². The molecule has 0 spiro atoms. The number of hydrogen-bond acceptors (Lipinski definition) is 6. The molecule has 2 atom stereocenters. The van der Waals surface area contributed by atoms with Gasteiger partial charge in [0.25, 0.3) is 0 Å². The third kappa shape index (κ3) is 7.37. The number of aryl methyl sites for hydroxylation is 2. The van der Waals surface area contributed by atoms with E-state index in [1.165, 1.54) is 0 Å². The number of rotatable bonds is 3. The lowest BCUT2D eigenvalue weighted by atomic mass is 9.92. The van der Waals surface area contributed by atoms with Crippen molar-refractivity contribution in [3.63, 3.8) is 0 Å². The molecule has 0 aliphatic carbocycles. The van der Waals surface area contributed by atoms with Gasteiger partial charge in [0, 0.05) is 36.4 Å². The van der Waals surface area contributed by atoms with E-state index in [0.717, 1.165) is 54.6 Å². The molecule has 1 N–H and O–H groups in total. The van der Waals surface area contributed by atoms with E-state index >= 15 is 4.39 Å². The zero-order chi connectivity index (χ0) is 35.2. The maximum absolute atomic E-state index is 15.1. The number of hydrogen-bond donors (Lipinski definition) is 1. The van der Waals surface area contributed by atoms with E-state index in [2.05, 4.69) is 34.7 Å². The van der Waals surface area contributed by atoms with Crippen molar-refractivity contribution in [1.29, 1.82) is 0 Å². The smallest absolute Gasteiger partial charge is 0.337 e. The molecule has 3 aliphatic rings. The van der Waals surface area contributed by atoms with Crippen LogP contribution in [0.1, 0.15) is 89.5 Å². The van der Waals surface area contributed by atoms with Crippen LogP contribution in [0, 0.1) is 19.7 Å². The van der Waals surface area contributed by atoms with Crippen molar-refractivity contribution in [3.05, 3.63) is 69.6 Å². The molecule has 0 radical (unpaired) electrons. The molecule has 0 amide bonds. The van der Waals surface area contributed by atoms with Gasteiger partial charge >= 0.3 is 5.97 Å². The number of aromatic nitrogens is 2. The highest BCUT2D eigenvalue weighted by molar-refractivity contribution is 9.10. The SMILES string of the molecule is Cc1cc2c(cc1F)-c1cccc(c1)-c1nc3cc(C)c([C@H](OC(C)(C)C)C(=O)O)c(n3c1Br)N1CCC(C)(CC1)OCCCC[C@@H](C)O2.